The zero-order chi connectivity index (χ0) is 16.5. The molecule has 1 atom stereocenters. The van der Waals surface area contributed by atoms with Gasteiger partial charge in [0.25, 0.3) is 5.69 Å². The summed E-state index contributed by atoms with van der Waals surface area (Å²) in [5.41, 5.74) is 5.68. The Kier molecular flexibility index (Phi) is 7.20. The summed E-state index contributed by atoms with van der Waals surface area (Å²) in [6.45, 7) is 2.37. The Balaban J connectivity index is 2.37. The Labute approximate surface area is 133 Å². The maximum Gasteiger partial charge on any atom is 0.269 e. The normalized spacial score (nSPS) is 11.4. The second-order valence-corrected chi connectivity index (χ2v) is 5.01. The van der Waals surface area contributed by atoms with Gasteiger partial charge in [0.05, 0.1) is 18.0 Å². The largest absolute Gasteiger partial charge is 0.383 e. The predicted octanol–water partition coefficient (Wildman–Crippen LogP) is 0.668. The number of hydrogen-bond acceptors (Lipinski definition) is 5. The van der Waals surface area contributed by atoms with E-state index >= 15 is 0 Å². The van der Waals surface area contributed by atoms with Gasteiger partial charge in [-0.1, -0.05) is 12.1 Å². The molecule has 0 saturated carbocycles. The van der Waals surface area contributed by atoms with Crippen LogP contribution in [0.1, 0.15) is 12.5 Å². The van der Waals surface area contributed by atoms with Gasteiger partial charge < -0.3 is 10.1 Å². The number of carbonyl (C=O) groups excluding carboxylic acids is 1. The van der Waals surface area contributed by atoms with Crippen molar-refractivity contribution in [1.29, 1.82) is 0 Å². The lowest BCUT2D eigenvalue weighted by atomic mass is 10.1. The first-order valence-electron chi connectivity index (χ1n) is 6.50. The minimum absolute atomic E-state index is 0.0107. The summed E-state index contributed by atoms with van der Waals surface area (Å²) in [4.78, 5) is 21.8. The van der Waals surface area contributed by atoms with Crippen LogP contribution in [0.4, 0.5) is 5.69 Å². The van der Waals surface area contributed by atoms with E-state index in [9.17, 15) is 14.9 Å². The zero-order valence-electron chi connectivity index (χ0n) is 12.3. The Morgan fingerprint density at radius 1 is 1.36 bits per heavy atom. The van der Waals surface area contributed by atoms with Gasteiger partial charge in [-0.05, 0) is 24.7 Å². The molecule has 0 saturated heterocycles. The molecule has 1 aromatic rings. The van der Waals surface area contributed by atoms with Crippen molar-refractivity contribution in [2.45, 2.75) is 19.4 Å². The number of carbonyl (C=O) groups is 1. The highest BCUT2D eigenvalue weighted by molar-refractivity contribution is 7.80. The van der Waals surface area contributed by atoms with Crippen LogP contribution in [0.2, 0.25) is 0 Å². The Morgan fingerprint density at radius 3 is 2.55 bits per heavy atom. The van der Waals surface area contributed by atoms with Crippen molar-refractivity contribution in [3.05, 3.63) is 39.9 Å². The fourth-order valence-electron chi connectivity index (χ4n) is 1.64. The highest BCUT2D eigenvalue weighted by Gasteiger charge is 2.08. The second kappa shape index (κ2) is 8.90. The molecule has 0 aliphatic rings. The molecule has 0 radical (unpaired) electrons. The molecule has 0 unspecified atom stereocenters. The Bertz CT molecular complexity index is 535. The van der Waals surface area contributed by atoms with Crippen LogP contribution in [0, 0.1) is 10.1 Å². The van der Waals surface area contributed by atoms with Crippen LogP contribution >= 0.6 is 12.2 Å². The molecule has 0 spiro atoms. The number of amides is 1. The number of methoxy groups -OCH3 is 1. The van der Waals surface area contributed by atoms with Gasteiger partial charge in [-0.15, -0.1) is 0 Å². The molecule has 0 aromatic heterocycles. The number of hydrazine groups is 1. The SMILES string of the molecule is COC[C@@H](C)NC(=S)NNC(=O)Cc1ccc([N+](=O)[O-])cc1. The molecule has 22 heavy (non-hydrogen) atoms. The molecule has 0 bridgehead atoms. The molecule has 120 valence electrons. The van der Waals surface area contributed by atoms with Crippen LogP contribution in [0.15, 0.2) is 24.3 Å². The van der Waals surface area contributed by atoms with Gasteiger partial charge in [0, 0.05) is 25.3 Å². The van der Waals surface area contributed by atoms with Gasteiger partial charge in [-0.2, -0.15) is 0 Å². The fraction of sp³-hybridized carbons (Fsp3) is 0.385. The molecule has 0 aliphatic heterocycles. The van der Waals surface area contributed by atoms with Crippen LogP contribution in [0.25, 0.3) is 0 Å². The van der Waals surface area contributed by atoms with Crippen molar-refractivity contribution in [3.8, 4) is 0 Å². The van der Waals surface area contributed by atoms with E-state index in [1.165, 1.54) is 24.3 Å². The number of nitro groups is 1. The summed E-state index contributed by atoms with van der Waals surface area (Å²) in [5, 5.41) is 13.7. The molecule has 1 rings (SSSR count). The van der Waals surface area contributed by atoms with Gasteiger partial charge in [0.2, 0.25) is 5.91 Å². The second-order valence-electron chi connectivity index (χ2n) is 4.60. The number of hydrogen-bond donors (Lipinski definition) is 3. The molecule has 0 fully saturated rings. The van der Waals surface area contributed by atoms with Crippen LogP contribution in [0.5, 0.6) is 0 Å². The van der Waals surface area contributed by atoms with Crippen molar-refractivity contribution in [3.63, 3.8) is 0 Å². The van der Waals surface area contributed by atoms with Crippen LogP contribution < -0.4 is 16.2 Å². The lowest BCUT2D eigenvalue weighted by Crippen LogP contribution is -2.50. The van der Waals surface area contributed by atoms with Crippen LogP contribution in [-0.2, 0) is 16.0 Å². The molecular weight excluding hydrogens is 308 g/mol. The molecule has 1 amide bonds. The third-order valence-electron chi connectivity index (χ3n) is 2.62. The molecule has 0 aliphatic carbocycles. The molecule has 8 nitrogen and oxygen atoms in total. The molecule has 9 heteroatoms. The number of nitro benzene ring substituents is 1. The molecule has 0 heterocycles. The topological polar surface area (TPSA) is 106 Å². The molecular formula is C13H18N4O4S. The first-order valence-corrected chi connectivity index (χ1v) is 6.90. The lowest BCUT2D eigenvalue weighted by Gasteiger charge is -2.16. The van der Waals surface area contributed by atoms with E-state index < -0.39 is 4.92 Å². The first kappa shape index (κ1) is 17.8. The standard InChI is InChI=1S/C13H18N4O4S/c1-9(8-21-2)14-13(22)16-15-12(18)7-10-3-5-11(6-4-10)17(19)20/h3-6,9H,7-8H2,1-2H3,(H,15,18)(H2,14,16,22)/t9-/m1/s1. The first-order chi connectivity index (χ1) is 10.4. The number of nitrogens with zero attached hydrogens (tertiary/aromatic N) is 1. The summed E-state index contributed by atoms with van der Waals surface area (Å²) in [6.07, 6.45) is 0.0846. The van der Waals surface area contributed by atoms with Crippen LogP contribution in [-0.4, -0.2) is 35.7 Å². The fourth-order valence-corrected chi connectivity index (χ4v) is 1.90. The van der Waals surface area contributed by atoms with E-state index in [4.69, 9.17) is 17.0 Å². The maximum absolute atomic E-state index is 11.7. The number of thiocarbonyl (C=S) groups is 1. The summed E-state index contributed by atoms with van der Waals surface area (Å²) in [5.74, 6) is -0.308. The van der Waals surface area contributed by atoms with E-state index in [2.05, 4.69) is 16.2 Å². The average molecular weight is 326 g/mol. The van der Waals surface area contributed by atoms with Crippen molar-refractivity contribution in [2.24, 2.45) is 0 Å². The summed E-state index contributed by atoms with van der Waals surface area (Å²) in [7, 11) is 1.58. The third-order valence-corrected chi connectivity index (χ3v) is 2.84. The summed E-state index contributed by atoms with van der Waals surface area (Å²) in [6, 6.07) is 5.80. The highest BCUT2D eigenvalue weighted by atomic mass is 32.1. The molecule has 3 N–H and O–H groups in total. The van der Waals surface area contributed by atoms with E-state index in [1.807, 2.05) is 6.92 Å². The monoisotopic (exact) mass is 326 g/mol. The van der Waals surface area contributed by atoms with Crippen molar-refractivity contribution < 1.29 is 14.5 Å². The minimum atomic E-state index is -0.489. The van der Waals surface area contributed by atoms with E-state index in [0.717, 1.165) is 0 Å². The van der Waals surface area contributed by atoms with Gasteiger partial charge in [-0.25, -0.2) is 0 Å². The van der Waals surface area contributed by atoms with Crippen molar-refractivity contribution in [1.82, 2.24) is 16.2 Å². The van der Waals surface area contributed by atoms with Crippen molar-refractivity contribution in [2.75, 3.05) is 13.7 Å². The number of rotatable bonds is 6. The van der Waals surface area contributed by atoms with Crippen LogP contribution in [0.3, 0.4) is 0 Å². The predicted molar refractivity (Wildman–Crippen MR) is 85.2 cm³/mol. The smallest absolute Gasteiger partial charge is 0.269 e. The summed E-state index contributed by atoms with van der Waals surface area (Å²) < 4.78 is 4.95. The number of nitrogens with one attached hydrogen (secondary N) is 3. The number of non-ortho nitro benzene ring substituents is 1. The maximum atomic E-state index is 11.7. The third kappa shape index (κ3) is 6.46. The van der Waals surface area contributed by atoms with Crippen molar-refractivity contribution >= 4 is 28.9 Å². The van der Waals surface area contributed by atoms with Gasteiger partial charge in [0.1, 0.15) is 0 Å². The van der Waals surface area contributed by atoms with Gasteiger partial charge >= 0.3 is 0 Å². The van der Waals surface area contributed by atoms with E-state index in [1.54, 1.807) is 7.11 Å². The quantitative estimate of drug-likeness (QED) is 0.401. The van der Waals surface area contributed by atoms with E-state index in [0.29, 0.717) is 12.2 Å². The highest BCUT2D eigenvalue weighted by Crippen LogP contribution is 2.12. The minimum Gasteiger partial charge on any atom is -0.383 e. The average Bonchev–Trinajstić information content (AvgIpc) is 2.46. The number of ether oxygens (including phenoxy) is 1. The molecule has 1 aromatic carbocycles. The lowest BCUT2D eigenvalue weighted by molar-refractivity contribution is -0.384. The van der Waals surface area contributed by atoms with Gasteiger partial charge in [0.15, 0.2) is 5.11 Å². The zero-order valence-corrected chi connectivity index (χ0v) is 13.1. The Morgan fingerprint density at radius 2 is 2.00 bits per heavy atom. The number of benzene rings is 1. The van der Waals surface area contributed by atoms with E-state index in [-0.39, 0.29) is 29.2 Å². The summed E-state index contributed by atoms with van der Waals surface area (Å²) >= 11 is 5.01. The van der Waals surface area contributed by atoms with Gasteiger partial charge in [-0.3, -0.25) is 25.8 Å². The Hall–Kier alpha value is -2.26.